The second-order valence-electron chi connectivity index (χ2n) is 1.25. The van der Waals surface area contributed by atoms with Crippen LogP contribution in [0.25, 0.3) is 0 Å². The summed E-state index contributed by atoms with van der Waals surface area (Å²) in [5, 5.41) is 0.565. The Hall–Kier alpha value is -0.370. The first-order valence-corrected chi connectivity index (χ1v) is 3.01. The van der Waals surface area contributed by atoms with E-state index < -0.39 is 0 Å². The van der Waals surface area contributed by atoms with Crippen LogP contribution in [-0.2, 0) is 4.74 Å². The molecule has 0 aliphatic rings. The normalized spacial score (nSPS) is 9.75. The molecule has 1 nitrogen and oxygen atoms in total. The van der Waals surface area contributed by atoms with Crippen molar-refractivity contribution in [3.63, 3.8) is 0 Å². The van der Waals surface area contributed by atoms with Crippen molar-refractivity contribution in [2.24, 2.45) is 0 Å². The minimum absolute atomic E-state index is 0.565. The van der Waals surface area contributed by atoms with E-state index in [1.165, 1.54) is 0 Å². The smallest absolute Gasteiger partial charge is 0.183 e. The van der Waals surface area contributed by atoms with Crippen molar-refractivity contribution in [2.75, 3.05) is 6.61 Å². The molecule has 46 valence electrons. The van der Waals surface area contributed by atoms with Crippen LogP contribution in [0, 0.1) is 0 Å². The molecule has 0 unspecified atom stereocenters. The van der Waals surface area contributed by atoms with Gasteiger partial charge in [0.25, 0.3) is 0 Å². The van der Waals surface area contributed by atoms with E-state index in [-0.39, 0.29) is 0 Å². The van der Waals surface area contributed by atoms with Crippen LogP contribution in [0.1, 0.15) is 13.8 Å². The highest BCUT2D eigenvalue weighted by Gasteiger charge is 1.82. The Bertz CT molecular complexity index is 96.7. The number of allylic oxidation sites excluding steroid dienone is 1. The van der Waals surface area contributed by atoms with Crippen molar-refractivity contribution in [1.82, 2.24) is 0 Å². The third-order valence-corrected chi connectivity index (χ3v) is 0.843. The van der Waals surface area contributed by atoms with Crippen molar-refractivity contribution >= 4 is 17.3 Å². The van der Waals surface area contributed by atoms with Gasteiger partial charge < -0.3 is 4.74 Å². The molecule has 0 aromatic rings. The number of ether oxygens (including phenoxy) is 1. The van der Waals surface area contributed by atoms with Crippen LogP contribution in [0.15, 0.2) is 12.2 Å². The maximum Gasteiger partial charge on any atom is 0.183 e. The molecule has 0 aliphatic carbocycles. The van der Waals surface area contributed by atoms with Gasteiger partial charge in [-0.3, -0.25) is 0 Å². The Morgan fingerprint density at radius 3 is 2.75 bits per heavy atom. The lowest BCUT2D eigenvalue weighted by Crippen LogP contribution is -1.95. The second kappa shape index (κ2) is 4.78. The van der Waals surface area contributed by atoms with Crippen LogP contribution in [0.3, 0.4) is 0 Å². The predicted molar refractivity (Wildman–Crippen MR) is 39.0 cm³/mol. The van der Waals surface area contributed by atoms with Crippen molar-refractivity contribution in [1.29, 1.82) is 0 Å². The van der Waals surface area contributed by atoms with E-state index in [1.54, 1.807) is 6.08 Å². The molecule has 0 N–H and O–H groups in total. The third kappa shape index (κ3) is 3.81. The standard InChI is InChI=1S/C6H10OS/c1-3-5-6(8)7-4-2/h3,5H,4H2,1-2H3. The summed E-state index contributed by atoms with van der Waals surface area (Å²) in [6, 6.07) is 0. The third-order valence-electron chi connectivity index (χ3n) is 0.589. The van der Waals surface area contributed by atoms with Gasteiger partial charge in [0.15, 0.2) is 5.05 Å². The summed E-state index contributed by atoms with van der Waals surface area (Å²) in [4.78, 5) is 0. The summed E-state index contributed by atoms with van der Waals surface area (Å²) in [7, 11) is 0. The molecule has 0 bridgehead atoms. The molecule has 0 saturated heterocycles. The van der Waals surface area contributed by atoms with Gasteiger partial charge in [-0.2, -0.15) is 0 Å². The van der Waals surface area contributed by atoms with Crippen LogP contribution < -0.4 is 0 Å². The first-order valence-electron chi connectivity index (χ1n) is 2.60. The van der Waals surface area contributed by atoms with E-state index >= 15 is 0 Å². The van der Waals surface area contributed by atoms with Gasteiger partial charge in [0.1, 0.15) is 0 Å². The SMILES string of the molecule is CC=CC(=S)OCC. The lowest BCUT2D eigenvalue weighted by molar-refractivity contribution is 0.339. The Morgan fingerprint density at radius 1 is 1.75 bits per heavy atom. The summed E-state index contributed by atoms with van der Waals surface area (Å²) in [6.07, 6.45) is 3.62. The van der Waals surface area contributed by atoms with Crippen molar-refractivity contribution < 1.29 is 4.74 Å². The number of thiocarbonyl (C=S) groups is 1. The molecule has 0 fully saturated rings. The highest BCUT2D eigenvalue weighted by Crippen LogP contribution is 1.83. The van der Waals surface area contributed by atoms with Gasteiger partial charge in [0, 0.05) is 0 Å². The van der Waals surface area contributed by atoms with Crippen LogP contribution >= 0.6 is 12.2 Å². The lowest BCUT2D eigenvalue weighted by atomic mass is 10.5. The average molecular weight is 130 g/mol. The van der Waals surface area contributed by atoms with Crippen LogP contribution in [0.5, 0.6) is 0 Å². The monoisotopic (exact) mass is 130 g/mol. The molecule has 0 rings (SSSR count). The van der Waals surface area contributed by atoms with Crippen molar-refractivity contribution in [2.45, 2.75) is 13.8 Å². The first kappa shape index (κ1) is 7.63. The molecule has 0 atom stereocenters. The zero-order valence-electron chi connectivity index (χ0n) is 5.18. The van der Waals surface area contributed by atoms with Crippen LogP contribution in [-0.4, -0.2) is 11.7 Å². The van der Waals surface area contributed by atoms with Crippen LogP contribution in [0.4, 0.5) is 0 Å². The maximum absolute atomic E-state index is 4.93. The molecule has 2 heteroatoms. The molecular formula is C6H10OS. The van der Waals surface area contributed by atoms with E-state index in [9.17, 15) is 0 Å². The Balaban J connectivity index is 3.33. The predicted octanol–water partition coefficient (Wildman–Crippen LogP) is 1.93. The van der Waals surface area contributed by atoms with E-state index in [2.05, 4.69) is 0 Å². The Kier molecular flexibility index (Phi) is 4.56. The van der Waals surface area contributed by atoms with Crippen LogP contribution in [0.2, 0.25) is 0 Å². The molecule has 8 heavy (non-hydrogen) atoms. The van der Waals surface area contributed by atoms with E-state index in [4.69, 9.17) is 17.0 Å². The first-order chi connectivity index (χ1) is 3.81. The van der Waals surface area contributed by atoms with E-state index in [0.29, 0.717) is 11.7 Å². The van der Waals surface area contributed by atoms with Crippen molar-refractivity contribution in [3.8, 4) is 0 Å². The number of rotatable bonds is 2. The lowest BCUT2D eigenvalue weighted by Gasteiger charge is -1.95. The topological polar surface area (TPSA) is 9.23 Å². The fraction of sp³-hybridized carbons (Fsp3) is 0.500. The zero-order chi connectivity index (χ0) is 6.41. The summed E-state index contributed by atoms with van der Waals surface area (Å²) in [6.45, 7) is 4.48. The Morgan fingerprint density at radius 2 is 2.38 bits per heavy atom. The highest BCUT2D eigenvalue weighted by atomic mass is 32.1. The molecule has 0 radical (unpaired) electrons. The summed E-state index contributed by atoms with van der Waals surface area (Å²) >= 11 is 4.74. The highest BCUT2D eigenvalue weighted by molar-refractivity contribution is 7.80. The van der Waals surface area contributed by atoms with Gasteiger partial charge in [-0.25, -0.2) is 0 Å². The van der Waals surface area contributed by atoms with Gasteiger partial charge >= 0.3 is 0 Å². The fourth-order valence-corrected chi connectivity index (χ4v) is 0.580. The number of hydrogen-bond acceptors (Lipinski definition) is 2. The van der Waals surface area contributed by atoms with Gasteiger partial charge in [-0.1, -0.05) is 6.08 Å². The molecule has 0 aromatic carbocycles. The largest absolute Gasteiger partial charge is 0.484 e. The minimum atomic E-state index is 0.565. The van der Waals surface area contributed by atoms with Gasteiger partial charge in [-0.15, -0.1) is 0 Å². The molecule has 0 aromatic heterocycles. The van der Waals surface area contributed by atoms with E-state index in [1.807, 2.05) is 19.9 Å². The fourth-order valence-electron chi connectivity index (χ4n) is 0.326. The van der Waals surface area contributed by atoms with Crippen molar-refractivity contribution in [3.05, 3.63) is 12.2 Å². The Labute approximate surface area is 55.3 Å². The molecular weight excluding hydrogens is 120 g/mol. The quantitative estimate of drug-likeness (QED) is 0.417. The summed E-state index contributed by atoms with van der Waals surface area (Å²) < 4.78 is 4.93. The van der Waals surface area contributed by atoms with Gasteiger partial charge in [0.2, 0.25) is 0 Å². The van der Waals surface area contributed by atoms with E-state index in [0.717, 1.165) is 0 Å². The zero-order valence-corrected chi connectivity index (χ0v) is 5.99. The molecule has 0 amide bonds. The molecule has 0 spiro atoms. The summed E-state index contributed by atoms with van der Waals surface area (Å²) in [5.41, 5.74) is 0. The molecule has 0 saturated carbocycles. The maximum atomic E-state index is 4.93. The van der Waals surface area contributed by atoms with Gasteiger partial charge in [0.05, 0.1) is 6.61 Å². The summed E-state index contributed by atoms with van der Waals surface area (Å²) in [5.74, 6) is 0. The molecule has 0 heterocycles. The number of hydrogen-bond donors (Lipinski definition) is 0. The second-order valence-corrected chi connectivity index (χ2v) is 1.65. The minimum Gasteiger partial charge on any atom is -0.484 e. The average Bonchev–Trinajstić information content (AvgIpc) is 1.68. The molecule has 0 aliphatic heterocycles. The van der Waals surface area contributed by atoms with Gasteiger partial charge in [-0.05, 0) is 32.1 Å².